The van der Waals surface area contributed by atoms with Gasteiger partial charge in [-0.3, -0.25) is 19.4 Å². The number of carbonyl (C=O) groups is 2. The van der Waals surface area contributed by atoms with Crippen molar-refractivity contribution in [3.63, 3.8) is 0 Å². The van der Waals surface area contributed by atoms with Crippen LogP contribution in [0.15, 0.2) is 124 Å². The quantitative estimate of drug-likeness (QED) is 0.0517. The molecular formula is C49H48N6O6S. The summed E-state index contributed by atoms with van der Waals surface area (Å²) >= 11 is 1.53. The number of nitrogens with one attached hydrogen (secondary N) is 3. The van der Waals surface area contributed by atoms with E-state index in [9.17, 15) is 24.6 Å². The van der Waals surface area contributed by atoms with Crippen LogP contribution in [0.1, 0.15) is 68.3 Å². The highest BCUT2D eigenvalue weighted by atomic mass is 32.2. The van der Waals surface area contributed by atoms with Gasteiger partial charge in [-0.25, -0.2) is 0 Å². The molecule has 2 amide bonds. The van der Waals surface area contributed by atoms with Crippen molar-refractivity contribution < 1.29 is 24.5 Å². The fourth-order valence-corrected chi connectivity index (χ4v) is 9.15. The number of amides is 2. The molecule has 1 atom stereocenters. The molecule has 1 aliphatic heterocycles. The number of nitrogens with two attached hydrogens (primary N) is 1. The minimum Gasteiger partial charge on any atom is -0.506 e. The van der Waals surface area contributed by atoms with Crippen LogP contribution >= 0.6 is 11.8 Å². The van der Waals surface area contributed by atoms with Gasteiger partial charge in [-0.05, 0) is 122 Å². The lowest BCUT2D eigenvalue weighted by Crippen LogP contribution is -2.28. The third-order valence-electron chi connectivity index (χ3n) is 11.3. The SMILES string of the molecule is COc1cccc(Nc2c(C(N)=O)cnc3c(C)cc(Sc4cccc(C(=O)N5CCc6cc(CCCCCNC[C@H](O)c7ccc(O)c8[nH]c(=O)ccc78)ccc65)c4)cc23)c1. The number of aromatic amines is 1. The number of aromatic nitrogens is 2. The molecule has 0 bridgehead atoms. The molecular weight excluding hydrogens is 801 g/mol. The number of pyridine rings is 2. The number of primary amides is 1. The summed E-state index contributed by atoms with van der Waals surface area (Å²) in [5.74, 6) is 0.00990. The highest BCUT2D eigenvalue weighted by Crippen LogP contribution is 2.38. The third-order valence-corrected chi connectivity index (χ3v) is 12.2. The molecule has 0 saturated carbocycles. The molecule has 5 aromatic carbocycles. The summed E-state index contributed by atoms with van der Waals surface area (Å²) in [5, 5.41) is 29.0. The third kappa shape index (κ3) is 9.15. The number of aryl methyl sites for hydroxylation is 2. The fraction of sp³-hybridized carbons (Fsp3) is 0.224. The summed E-state index contributed by atoms with van der Waals surface area (Å²) in [5.41, 5.74) is 13.7. The maximum Gasteiger partial charge on any atom is 0.258 e. The molecule has 0 radical (unpaired) electrons. The largest absolute Gasteiger partial charge is 0.506 e. The van der Waals surface area contributed by atoms with Gasteiger partial charge in [0.05, 0.1) is 35.5 Å². The first-order valence-electron chi connectivity index (χ1n) is 20.7. The molecule has 7 aromatic rings. The molecule has 0 spiro atoms. The normalized spacial score (nSPS) is 12.7. The molecule has 13 heteroatoms. The van der Waals surface area contributed by atoms with Crippen molar-refractivity contribution in [2.45, 2.75) is 54.9 Å². The topological polar surface area (TPSA) is 183 Å². The van der Waals surface area contributed by atoms with E-state index in [1.165, 1.54) is 41.2 Å². The number of aliphatic hydroxyl groups is 1. The Morgan fingerprint density at radius 1 is 0.952 bits per heavy atom. The summed E-state index contributed by atoms with van der Waals surface area (Å²) in [4.78, 5) is 49.2. The lowest BCUT2D eigenvalue weighted by Gasteiger charge is -2.18. The summed E-state index contributed by atoms with van der Waals surface area (Å²) < 4.78 is 5.40. The molecule has 3 heterocycles. The number of hydrogen-bond donors (Lipinski definition) is 6. The molecule has 0 saturated heterocycles. The van der Waals surface area contributed by atoms with Gasteiger partial charge in [0.25, 0.3) is 11.8 Å². The number of nitrogens with zero attached hydrogens (tertiary/aromatic N) is 2. The van der Waals surface area contributed by atoms with E-state index in [1.807, 2.05) is 66.4 Å². The van der Waals surface area contributed by atoms with E-state index in [1.54, 1.807) is 19.2 Å². The molecule has 8 rings (SSSR count). The van der Waals surface area contributed by atoms with Gasteiger partial charge >= 0.3 is 0 Å². The van der Waals surface area contributed by atoms with E-state index in [0.717, 1.165) is 76.3 Å². The number of ether oxygens (including phenoxy) is 1. The summed E-state index contributed by atoms with van der Waals surface area (Å²) in [6.07, 6.45) is 5.45. The van der Waals surface area contributed by atoms with Crippen LogP contribution < -0.4 is 31.6 Å². The number of carbonyl (C=O) groups excluding carboxylic acids is 2. The van der Waals surface area contributed by atoms with E-state index >= 15 is 0 Å². The predicted molar refractivity (Wildman–Crippen MR) is 245 cm³/mol. The second-order valence-corrected chi connectivity index (χ2v) is 16.7. The van der Waals surface area contributed by atoms with Crippen molar-refractivity contribution in [1.82, 2.24) is 15.3 Å². The molecule has 0 fully saturated rings. The molecule has 1 aliphatic rings. The van der Waals surface area contributed by atoms with Crippen LogP contribution in [0.3, 0.4) is 0 Å². The first-order chi connectivity index (χ1) is 30.1. The Bertz CT molecular complexity index is 2880. The van der Waals surface area contributed by atoms with E-state index < -0.39 is 12.0 Å². The van der Waals surface area contributed by atoms with Crippen LogP contribution in [0, 0.1) is 6.92 Å². The second kappa shape index (κ2) is 18.5. The zero-order chi connectivity index (χ0) is 43.3. The molecule has 2 aromatic heterocycles. The monoisotopic (exact) mass is 848 g/mol. The van der Waals surface area contributed by atoms with Gasteiger partial charge < -0.3 is 41.2 Å². The van der Waals surface area contributed by atoms with Gasteiger partial charge in [0.1, 0.15) is 11.5 Å². The zero-order valence-corrected chi connectivity index (χ0v) is 35.4. The summed E-state index contributed by atoms with van der Waals surface area (Å²) in [7, 11) is 1.60. The smallest absolute Gasteiger partial charge is 0.258 e. The Kier molecular flexibility index (Phi) is 12.6. The van der Waals surface area contributed by atoms with Crippen LogP contribution in [0.4, 0.5) is 17.1 Å². The number of methoxy groups -OCH3 is 1. The van der Waals surface area contributed by atoms with Crippen LogP contribution in [-0.4, -0.2) is 58.7 Å². The Hall–Kier alpha value is -6.67. The van der Waals surface area contributed by atoms with Gasteiger partial charge in [0.2, 0.25) is 5.56 Å². The number of rotatable bonds is 16. The first-order valence-corrected chi connectivity index (χ1v) is 21.5. The molecule has 316 valence electrons. The molecule has 12 nitrogen and oxygen atoms in total. The minimum atomic E-state index is -0.785. The Morgan fingerprint density at radius 2 is 1.81 bits per heavy atom. The number of phenols is 1. The van der Waals surface area contributed by atoms with E-state index in [2.05, 4.69) is 44.9 Å². The van der Waals surface area contributed by atoms with Crippen LogP contribution in [0.2, 0.25) is 0 Å². The second-order valence-electron chi connectivity index (χ2n) is 15.5. The van der Waals surface area contributed by atoms with Gasteiger partial charge in [-0.2, -0.15) is 0 Å². The lowest BCUT2D eigenvalue weighted by molar-refractivity contribution is 0.0985. The molecule has 7 N–H and O–H groups in total. The Labute approximate surface area is 363 Å². The molecule has 0 unspecified atom stereocenters. The number of anilines is 3. The highest BCUT2D eigenvalue weighted by Gasteiger charge is 2.26. The summed E-state index contributed by atoms with van der Waals surface area (Å²) in [6, 6.07) is 31.8. The predicted octanol–water partition coefficient (Wildman–Crippen LogP) is 8.33. The lowest BCUT2D eigenvalue weighted by atomic mass is 10.0. The van der Waals surface area contributed by atoms with Crippen LogP contribution in [0.5, 0.6) is 11.5 Å². The van der Waals surface area contributed by atoms with E-state index in [0.29, 0.717) is 46.6 Å². The van der Waals surface area contributed by atoms with Crippen LogP contribution in [-0.2, 0) is 12.8 Å². The number of unbranched alkanes of at least 4 members (excludes halogenated alkanes) is 2. The molecule has 62 heavy (non-hydrogen) atoms. The first kappa shape index (κ1) is 42.0. The number of aromatic hydroxyl groups is 1. The zero-order valence-electron chi connectivity index (χ0n) is 34.5. The summed E-state index contributed by atoms with van der Waals surface area (Å²) in [6.45, 7) is 3.71. The van der Waals surface area contributed by atoms with Crippen molar-refractivity contribution in [1.29, 1.82) is 0 Å². The average molecular weight is 849 g/mol. The maximum atomic E-state index is 14.0. The van der Waals surface area contributed by atoms with Crippen molar-refractivity contribution in [3.8, 4) is 11.5 Å². The Balaban J connectivity index is 0.870. The molecule has 0 aliphatic carbocycles. The van der Waals surface area contributed by atoms with E-state index in [-0.39, 0.29) is 22.8 Å². The van der Waals surface area contributed by atoms with Crippen molar-refractivity contribution >= 4 is 62.4 Å². The number of hydrogen-bond acceptors (Lipinski definition) is 10. The number of H-pyrrole nitrogens is 1. The van der Waals surface area contributed by atoms with Crippen molar-refractivity contribution in [2.75, 3.05) is 37.0 Å². The number of fused-ring (bicyclic) bond motifs is 3. The van der Waals surface area contributed by atoms with Crippen molar-refractivity contribution in [3.05, 3.63) is 153 Å². The van der Waals surface area contributed by atoms with Gasteiger partial charge in [0.15, 0.2) is 0 Å². The van der Waals surface area contributed by atoms with Crippen LogP contribution in [0.25, 0.3) is 21.8 Å². The number of phenolic OH excluding ortho intramolecular Hbond substituents is 1. The highest BCUT2D eigenvalue weighted by molar-refractivity contribution is 7.99. The van der Waals surface area contributed by atoms with Gasteiger partial charge in [-0.1, -0.05) is 48.5 Å². The number of aliphatic hydroxyl groups excluding tert-OH is 1. The van der Waals surface area contributed by atoms with Gasteiger partial charge in [-0.15, -0.1) is 0 Å². The maximum absolute atomic E-state index is 14.0. The fourth-order valence-electron chi connectivity index (χ4n) is 8.13. The van der Waals surface area contributed by atoms with E-state index in [4.69, 9.17) is 10.5 Å². The average Bonchev–Trinajstić information content (AvgIpc) is 3.69. The van der Waals surface area contributed by atoms with Crippen molar-refractivity contribution in [2.24, 2.45) is 5.73 Å². The standard InChI is InChI=1S/C49H48N6O6S/c1-29-22-36(26-39-45(29)52-27-40(48(50)59)46(39)53-33-10-7-11-34(25-33)61-2)62-35-12-6-9-32(24-35)49(60)55-21-19-31-23-30(13-16-41(31)55)8-4-3-5-20-51-28-43(57)37-14-17-42(56)47-38(37)15-18-44(58)54-47/h6-7,9-18,22-27,43,51,56-57H,3-5,8,19-21,28H2,1-2H3,(H2,50,59)(H,52,53)(H,54,58)/t43-/m0/s1. The number of benzene rings is 5. The Morgan fingerprint density at radius 3 is 2.65 bits per heavy atom. The minimum absolute atomic E-state index is 0.0286. The van der Waals surface area contributed by atoms with Gasteiger partial charge in [0, 0.05) is 68.9 Å².